The average molecular weight is 328 g/mol. The Hall–Kier alpha value is -2.90. The number of benzene rings is 1. The van der Waals surface area contributed by atoms with Gasteiger partial charge in [-0.25, -0.2) is 4.79 Å². The van der Waals surface area contributed by atoms with E-state index < -0.39 is 11.9 Å². The molecule has 2 amide bonds. The molecule has 2 aromatic rings. The second-order valence-corrected chi connectivity index (χ2v) is 6.22. The molecule has 0 radical (unpaired) electrons. The van der Waals surface area contributed by atoms with Crippen LogP contribution in [0.4, 0.5) is 5.69 Å². The molecule has 1 unspecified atom stereocenters. The standard InChI is InChI=1S/C16H16N4O4/c1-18-14-10(19-7-9(21)8-19)3-2-4-11(14)20(16(18)24)12-5-6-13(22)17-15(12)23/h2-4,12H,5-8H2,1H3,(H,17,22,23). The molecule has 1 atom stereocenters. The number of imidazole rings is 1. The first-order valence-electron chi connectivity index (χ1n) is 7.77. The van der Waals surface area contributed by atoms with Crippen LogP contribution in [0.15, 0.2) is 23.0 Å². The maximum Gasteiger partial charge on any atom is 0.329 e. The number of piperidine rings is 1. The fourth-order valence-electron chi connectivity index (χ4n) is 3.45. The fraction of sp³-hybridized carbons (Fsp3) is 0.375. The van der Waals surface area contributed by atoms with Gasteiger partial charge in [-0.2, -0.15) is 0 Å². The summed E-state index contributed by atoms with van der Waals surface area (Å²) in [7, 11) is 1.65. The van der Waals surface area contributed by atoms with Crippen LogP contribution in [0.5, 0.6) is 0 Å². The second-order valence-electron chi connectivity index (χ2n) is 6.22. The number of aromatic nitrogens is 2. The van der Waals surface area contributed by atoms with E-state index in [2.05, 4.69) is 5.32 Å². The number of carbonyl (C=O) groups is 3. The Morgan fingerprint density at radius 2 is 1.88 bits per heavy atom. The lowest BCUT2D eigenvalue weighted by molar-refractivity contribution is -0.135. The molecule has 2 aliphatic heterocycles. The van der Waals surface area contributed by atoms with Crippen molar-refractivity contribution in [3.63, 3.8) is 0 Å². The van der Waals surface area contributed by atoms with E-state index in [1.165, 1.54) is 9.13 Å². The van der Waals surface area contributed by atoms with E-state index in [4.69, 9.17) is 0 Å². The van der Waals surface area contributed by atoms with Crippen LogP contribution in [0.3, 0.4) is 0 Å². The van der Waals surface area contributed by atoms with Crippen LogP contribution < -0.4 is 15.9 Å². The van der Waals surface area contributed by atoms with E-state index in [0.29, 0.717) is 30.5 Å². The minimum Gasteiger partial charge on any atom is -0.355 e. The van der Waals surface area contributed by atoms with Gasteiger partial charge in [-0.1, -0.05) is 6.07 Å². The molecule has 8 nitrogen and oxygen atoms in total. The third kappa shape index (κ3) is 1.99. The molecule has 124 valence electrons. The molecular weight excluding hydrogens is 312 g/mol. The minimum atomic E-state index is -0.702. The Kier molecular flexibility index (Phi) is 3.09. The number of carbonyl (C=O) groups excluding carboxylic acids is 3. The van der Waals surface area contributed by atoms with Crippen LogP contribution >= 0.6 is 0 Å². The first-order chi connectivity index (χ1) is 11.5. The largest absolute Gasteiger partial charge is 0.355 e. The summed E-state index contributed by atoms with van der Waals surface area (Å²) in [6, 6.07) is 4.75. The summed E-state index contributed by atoms with van der Waals surface area (Å²) in [5, 5.41) is 2.29. The molecule has 3 heterocycles. The predicted octanol–water partition coefficient (Wildman–Crippen LogP) is -0.293. The average Bonchev–Trinajstić information content (AvgIpc) is 2.77. The molecule has 2 aliphatic rings. The van der Waals surface area contributed by atoms with Gasteiger partial charge in [-0.05, 0) is 18.6 Å². The Morgan fingerprint density at radius 3 is 2.54 bits per heavy atom. The number of nitrogens with zero attached hydrogens (tertiary/aromatic N) is 3. The molecule has 4 rings (SSSR count). The molecule has 24 heavy (non-hydrogen) atoms. The molecule has 1 aromatic heterocycles. The molecule has 2 fully saturated rings. The monoisotopic (exact) mass is 328 g/mol. The number of aryl methyl sites for hydroxylation is 1. The van der Waals surface area contributed by atoms with Crippen LogP contribution in [0, 0.1) is 0 Å². The van der Waals surface area contributed by atoms with Crippen LogP contribution in [-0.2, 0) is 21.4 Å². The number of hydrogen-bond donors (Lipinski definition) is 1. The quantitative estimate of drug-likeness (QED) is 0.765. The third-order valence-corrected chi connectivity index (χ3v) is 4.68. The number of para-hydroxylation sites is 1. The Labute approximate surface area is 136 Å². The lowest BCUT2D eigenvalue weighted by Crippen LogP contribution is -2.47. The van der Waals surface area contributed by atoms with Crippen LogP contribution in [0.2, 0.25) is 0 Å². The lowest BCUT2D eigenvalue weighted by Gasteiger charge is -2.32. The number of ketones is 1. The van der Waals surface area contributed by atoms with Crippen LogP contribution in [0.1, 0.15) is 18.9 Å². The smallest absolute Gasteiger partial charge is 0.329 e. The van der Waals surface area contributed by atoms with Gasteiger partial charge in [-0.3, -0.25) is 28.8 Å². The third-order valence-electron chi connectivity index (χ3n) is 4.68. The van der Waals surface area contributed by atoms with E-state index in [-0.39, 0.29) is 23.8 Å². The number of fused-ring (bicyclic) bond motifs is 1. The molecule has 8 heteroatoms. The lowest BCUT2D eigenvalue weighted by atomic mass is 10.1. The number of anilines is 1. The Bertz CT molecular complexity index is 947. The summed E-state index contributed by atoms with van der Waals surface area (Å²) in [5.41, 5.74) is 1.82. The zero-order chi connectivity index (χ0) is 17.0. The van der Waals surface area contributed by atoms with Gasteiger partial charge in [0.2, 0.25) is 11.8 Å². The molecule has 0 bridgehead atoms. The van der Waals surface area contributed by atoms with Crippen molar-refractivity contribution in [2.24, 2.45) is 7.05 Å². The molecule has 1 aromatic carbocycles. The van der Waals surface area contributed by atoms with E-state index in [9.17, 15) is 19.2 Å². The zero-order valence-corrected chi connectivity index (χ0v) is 13.1. The Morgan fingerprint density at radius 1 is 1.12 bits per heavy atom. The summed E-state index contributed by atoms with van der Waals surface area (Å²) in [6.45, 7) is 0.661. The number of Topliss-reactive ketones (excluding diaryl/α,β-unsaturated/α-hetero) is 1. The van der Waals surface area contributed by atoms with Crippen molar-refractivity contribution in [2.75, 3.05) is 18.0 Å². The van der Waals surface area contributed by atoms with E-state index in [0.717, 1.165) is 5.69 Å². The Balaban J connectivity index is 1.88. The summed E-state index contributed by atoms with van der Waals surface area (Å²) in [6.07, 6.45) is 0.510. The second kappa shape index (κ2) is 5.05. The number of imide groups is 1. The number of nitrogens with one attached hydrogen (secondary N) is 1. The maximum absolute atomic E-state index is 12.7. The first kappa shape index (κ1) is 14.7. The van der Waals surface area contributed by atoms with Crippen LogP contribution in [0.25, 0.3) is 11.0 Å². The highest BCUT2D eigenvalue weighted by Crippen LogP contribution is 2.30. The molecule has 2 saturated heterocycles. The van der Waals surface area contributed by atoms with Gasteiger partial charge in [0, 0.05) is 13.5 Å². The highest BCUT2D eigenvalue weighted by Gasteiger charge is 2.33. The van der Waals surface area contributed by atoms with E-state index >= 15 is 0 Å². The van der Waals surface area contributed by atoms with Crippen molar-refractivity contribution in [1.82, 2.24) is 14.5 Å². The van der Waals surface area contributed by atoms with Crippen molar-refractivity contribution in [2.45, 2.75) is 18.9 Å². The first-order valence-corrected chi connectivity index (χ1v) is 7.77. The topological polar surface area (TPSA) is 93.4 Å². The van der Waals surface area contributed by atoms with Gasteiger partial charge >= 0.3 is 5.69 Å². The van der Waals surface area contributed by atoms with Crippen molar-refractivity contribution in [1.29, 1.82) is 0 Å². The zero-order valence-electron chi connectivity index (χ0n) is 13.1. The molecule has 0 aliphatic carbocycles. The number of rotatable bonds is 2. The molecular formula is C16H16N4O4. The van der Waals surface area contributed by atoms with Crippen molar-refractivity contribution in [3.8, 4) is 0 Å². The summed E-state index contributed by atoms with van der Waals surface area (Å²) in [4.78, 5) is 49.5. The van der Waals surface area contributed by atoms with Gasteiger partial charge in [0.1, 0.15) is 6.04 Å². The highest BCUT2D eigenvalue weighted by molar-refractivity contribution is 6.02. The molecule has 1 N–H and O–H groups in total. The van der Waals surface area contributed by atoms with Gasteiger partial charge in [0.25, 0.3) is 0 Å². The maximum atomic E-state index is 12.7. The highest BCUT2D eigenvalue weighted by atomic mass is 16.2. The van der Waals surface area contributed by atoms with Gasteiger partial charge in [-0.15, -0.1) is 0 Å². The summed E-state index contributed by atoms with van der Waals surface area (Å²) in [5.74, 6) is -0.615. The van der Waals surface area contributed by atoms with Crippen molar-refractivity contribution in [3.05, 3.63) is 28.7 Å². The number of amides is 2. The number of hydrogen-bond acceptors (Lipinski definition) is 5. The van der Waals surface area contributed by atoms with E-state index in [1.807, 2.05) is 17.0 Å². The van der Waals surface area contributed by atoms with Crippen molar-refractivity contribution >= 4 is 34.3 Å². The summed E-state index contributed by atoms with van der Waals surface area (Å²) < 4.78 is 2.94. The normalized spacial score (nSPS) is 21.1. The SMILES string of the molecule is Cn1c(=O)n(C2CCC(=O)NC2=O)c2cccc(N3CC(=O)C3)c21. The van der Waals surface area contributed by atoms with Gasteiger partial charge in [0.05, 0.1) is 29.8 Å². The van der Waals surface area contributed by atoms with Crippen LogP contribution in [-0.4, -0.2) is 39.8 Å². The molecule has 0 spiro atoms. The van der Waals surface area contributed by atoms with Gasteiger partial charge < -0.3 is 4.90 Å². The van der Waals surface area contributed by atoms with E-state index in [1.54, 1.807) is 13.1 Å². The minimum absolute atomic E-state index is 0.154. The fourth-order valence-corrected chi connectivity index (χ4v) is 3.45. The van der Waals surface area contributed by atoms with Gasteiger partial charge in [0.15, 0.2) is 5.78 Å². The summed E-state index contributed by atoms with van der Waals surface area (Å²) >= 11 is 0. The predicted molar refractivity (Wildman–Crippen MR) is 85.8 cm³/mol. The molecule has 0 saturated carbocycles. The van der Waals surface area contributed by atoms with Crippen molar-refractivity contribution < 1.29 is 14.4 Å².